The van der Waals surface area contributed by atoms with Crippen molar-refractivity contribution >= 4 is 16.6 Å². The highest BCUT2D eigenvalue weighted by molar-refractivity contribution is 5.96. The maximum absolute atomic E-state index is 5.85. The molecule has 0 aliphatic heterocycles. The van der Waals surface area contributed by atoms with Gasteiger partial charge in [-0.2, -0.15) is 0 Å². The zero-order valence-corrected chi connectivity index (χ0v) is 12.9. The van der Waals surface area contributed by atoms with Gasteiger partial charge in [-0.1, -0.05) is 26.0 Å². The van der Waals surface area contributed by atoms with Gasteiger partial charge in [0.1, 0.15) is 11.3 Å². The van der Waals surface area contributed by atoms with Crippen LogP contribution in [0.3, 0.4) is 0 Å². The first-order chi connectivity index (χ1) is 9.72. The zero-order chi connectivity index (χ0) is 14.5. The van der Waals surface area contributed by atoms with E-state index in [0.717, 1.165) is 48.3 Å². The smallest absolute Gasteiger partial charge is 0.145 e. The Kier molecular flexibility index (Phi) is 4.83. The van der Waals surface area contributed by atoms with Crippen LogP contribution >= 0.6 is 0 Å². The van der Waals surface area contributed by atoms with Gasteiger partial charge in [0.25, 0.3) is 0 Å². The number of fused-ring (bicyclic) bond motifs is 1. The number of hydrogen-bond acceptors (Lipinski definition) is 3. The Labute approximate surface area is 121 Å². The molecule has 0 fully saturated rings. The predicted octanol–water partition coefficient (Wildman–Crippen LogP) is 4.33. The second-order valence-electron chi connectivity index (χ2n) is 4.94. The predicted molar refractivity (Wildman–Crippen MR) is 85.8 cm³/mol. The normalized spacial score (nSPS) is 10.8. The summed E-state index contributed by atoms with van der Waals surface area (Å²) in [7, 11) is 0. The van der Waals surface area contributed by atoms with Crippen LogP contribution in [0.2, 0.25) is 0 Å². The highest BCUT2D eigenvalue weighted by Crippen LogP contribution is 2.33. The van der Waals surface area contributed by atoms with Gasteiger partial charge in [-0.25, -0.2) is 4.98 Å². The summed E-state index contributed by atoms with van der Waals surface area (Å²) in [4.78, 5) is 4.82. The second kappa shape index (κ2) is 6.60. The van der Waals surface area contributed by atoms with Crippen molar-refractivity contribution in [1.29, 1.82) is 0 Å². The summed E-state index contributed by atoms with van der Waals surface area (Å²) in [6, 6.07) is 6.17. The van der Waals surface area contributed by atoms with Crippen LogP contribution in [-0.4, -0.2) is 18.1 Å². The first-order valence-corrected chi connectivity index (χ1v) is 7.51. The van der Waals surface area contributed by atoms with Gasteiger partial charge in [0.15, 0.2) is 0 Å². The first-order valence-electron chi connectivity index (χ1n) is 7.51. The lowest BCUT2D eigenvalue weighted by Crippen LogP contribution is -2.05. The first kappa shape index (κ1) is 14.6. The SMILES string of the molecule is CCCOc1cccc2c(NCC)c(C)c(CC)nc12. The Morgan fingerprint density at radius 3 is 2.65 bits per heavy atom. The van der Waals surface area contributed by atoms with E-state index in [2.05, 4.69) is 39.1 Å². The van der Waals surface area contributed by atoms with Gasteiger partial charge in [-0.3, -0.25) is 0 Å². The third-order valence-electron chi connectivity index (χ3n) is 3.47. The molecule has 1 heterocycles. The standard InChI is InChI=1S/C17H24N2O/c1-5-11-20-15-10-8-9-13-16(18-7-3)12(4)14(6-2)19-17(13)15/h8-10H,5-7,11H2,1-4H3,(H,18,19). The van der Waals surface area contributed by atoms with E-state index in [1.165, 1.54) is 11.3 Å². The lowest BCUT2D eigenvalue weighted by atomic mass is 10.0. The van der Waals surface area contributed by atoms with Gasteiger partial charge in [0.2, 0.25) is 0 Å². The number of benzene rings is 1. The van der Waals surface area contributed by atoms with Gasteiger partial charge in [-0.05, 0) is 38.3 Å². The number of para-hydroxylation sites is 1. The van der Waals surface area contributed by atoms with Crippen LogP contribution in [0.15, 0.2) is 18.2 Å². The van der Waals surface area contributed by atoms with Crippen LogP contribution in [0.1, 0.15) is 38.4 Å². The minimum atomic E-state index is 0.729. The van der Waals surface area contributed by atoms with Crippen molar-refractivity contribution in [2.75, 3.05) is 18.5 Å². The van der Waals surface area contributed by atoms with Crippen LogP contribution in [0, 0.1) is 6.92 Å². The van der Waals surface area contributed by atoms with Gasteiger partial charge in [0, 0.05) is 23.3 Å². The van der Waals surface area contributed by atoms with Gasteiger partial charge >= 0.3 is 0 Å². The number of aromatic nitrogens is 1. The molecular weight excluding hydrogens is 248 g/mol. The van der Waals surface area contributed by atoms with E-state index < -0.39 is 0 Å². The monoisotopic (exact) mass is 272 g/mol. The summed E-state index contributed by atoms with van der Waals surface area (Å²) in [5.41, 5.74) is 4.55. The molecule has 0 spiro atoms. The lowest BCUT2D eigenvalue weighted by molar-refractivity contribution is 0.320. The molecule has 0 aliphatic rings. The highest BCUT2D eigenvalue weighted by Gasteiger charge is 2.13. The third-order valence-corrected chi connectivity index (χ3v) is 3.47. The summed E-state index contributed by atoms with van der Waals surface area (Å²) in [5.74, 6) is 0.887. The van der Waals surface area contributed by atoms with Crippen LogP contribution in [-0.2, 0) is 6.42 Å². The molecule has 0 radical (unpaired) electrons. The highest BCUT2D eigenvalue weighted by atomic mass is 16.5. The summed E-state index contributed by atoms with van der Waals surface area (Å²) < 4.78 is 5.85. The molecule has 1 aromatic carbocycles. The van der Waals surface area contributed by atoms with Crippen molar-refractivity contribution in [3.63, 3.8) is 0 Å². The molecule has 0 aliphatic carbocycles. The fourth-order valence-electron chi connectivity index (χ4n) is 2.48. The maximum atomic E-state index is 5.85. The van der Waals surface area contributed by atoms with E-state index in [0.29, 0.717) is 0 Å². The zero-order valence-electron chi connectivity index (χ0n) is 12.9. The van der Waals surface area contributed by atoms with Crippen LogP contribution in [0.4, 0.5) is 5.69 Å². The summed E-state index contributed by atoms with van der Waals surface area (Å²) in [6.45, 7) is 10.2. The molecule has 1 N–H and O–H groups in total. The van der Waals surface area contributed by atoms with Gasteiger partial charge in [-0.15, -0.1) is 0 Å². The van der Waals surface area contributed by atoms with Crippen LogP contribution in [0.25, 0.3) is 10.9 Å². The molecule has 0 unspecified atom stereocenters. The number of aryl methyl sites for hydroxylation is 1. The molecule has 2 aromatic rings. The quantitative estimate of drug-likeness (QED) is 0.850. The van der Waals surface area contributed by atoms with E-state index in [9.17, 15) is 0 Å². The summed E-state index contributed by atoms with van der Waals surface area (Å²) in [5, 5.41) is 4.63. The van der Waals surface area contributed by atoms with Crippen molar-refractivity contribution < 1.29 is 4.74 Å². The molecule has 3 heteroatoms. The number of rotatable bonds is 6. The van der Waals surface area contributed by atoms with E-state index >= 15 is 0 Å². The minimum absolute atomic E-state index is 0.729. The van der Waals surface area contributed by atoms with Crippen LogP contribution < -0.4 is 10.1 Å². The molecule has 1 aromatic heterocycles. The third kappa shape index (κ3) is 2.72. The molecule has 108 valence electrons. The lowest BCUT2D eigenvalue weighted by Gasteiger charge is -2.16. The Balaban J connectivity index is 2.65. The second-order valence-corrected chi connectivity index (χ2v) is 4.94. The molecule has 0 saturated heterocycles. The van der Waals surface area contributed by atoms with E-state index in [4.69, 9.17) is 9.72 Å². The number of hydrogen-bond donors (Lipinski definition) is 1. The summed E-state index contributed by atoms with van der Waals surface area (Å²) >= 11 is 0. The Hall–Kier alpha value is -1.77. The molecule has 0 atom stereocenters. The van der Waals surface area contributed by atoms with Crippen molar-refractivity contribution in [1.82, 2.24) is 4.98 Å². The molecular formula is C17H24N2O. The maximum Gasteiger partial charge on any atom is 0.145 e. The van der Waals surface area contributed by atoms with Crippen molar-refractivity contribution in [3.05, 3.63) is 29.5 Å². The van der Waals surface area contributed by atoms with Crippen molar-refractivity contribution in [2.24, 2.45) is 0 Å². The number of nitrogens with zero attached hydrogens (tertiary/aromatic N) is 1. The molecule has 0 amide bonds. The number of pyridine rings is 1. The fourth-order valence-corrected chi connectivity index (χ4v) is 2.48. The Bertz CT molecular complexity index is 593. The number of ether oxygens (including phenoxy) is 1. The Morgan fingerprint density at radius 1 is 1.20 bits per heavy atom. The van der Waals surface area contributed by atoms with Gasteiger partial charge < -0.3 is 10.1 Å². The topological polar surface area (TPSA) is 34.1 Å². The number of nitrogens with one attached hydrogen (secondary N) is 1. The average Bonchev–Trinajstić information content (AvgIpc) is 2.47. The van der Waals surface area contributed by atoms with E-state index in [1.807, 2.05) is 12.1 Å². The largest absolute Gasteiger partial charge is 0.491 e. The summed E-state index contributed by atoms with van der Waals surface area (Å²) in [6.07, 6.45) is 1.94. The van der Waals surface area contributed by atoms with Crippen molar-refractivity contribution in [2.45, 2.75) is 40.5 Å². The van der Waals surface area contributed by atoms with Crippen LogP contribution in [0.5, 0.6) is 5.75 Å². The fraction of sp³-hybridized carbons (Fsp3) is 0.471. The van der Waals surface area contributed by atoms with Gasteiger partial charge in [0.05, 0.1) is 6.61 Å². The Morgan fingerprint density at radius 2 is 2.00 bits per heavy atom. The number of anilines is 1. The van der Waals surface area contributed by atoms with Crippen molar-refractivity contribution in [3.8, 4) is 5.75 Å². The molecule has 0 saturated carbocycles. The molecule has 20 heavy (non-hydrogen) atoms. The van der Waals surface area contributed by atoms with E-state index in [1.54, 1.807) is 0 Å². The minimum Gasteiger partial charge on any atom is -0.491 e. The average molecular weight is 272 g/mol. The molecule has 0 bridgehead atoms. The molecule has 3 nitrogen and oxygen atoms in total. The molecule has 2 rings (SSSR count). The van der Waals surface area contributed by atoms with E-state index in [-0.39, 0.29) is 0 Å².